The van der Waals surface area contributed by atoms with Crippen LogP contribution in [0.3, 0.4) is 0 Å². The number of rotatable bonds is 1. The Morgan fingerprint density at radius 1 is 1.13 bits per heavy atom. The highest BCUT2D eigenvalue weighted by Gasteiger charge is 2.67. The van der Waals surface area contributed by atoms with Crippen LogP contribution in [0.2, 0.25) is 0 Å². The number of carboxylic acid groups (broad SMARTS) is 1. The smallest absolute Gasteiger partial charge is 0.309 e. The largest absolute Gasteiger partial charge is 0.481 e. The van der Waals surface area contributed by atoms with E-state index in [-0.39, 0.29) is 16.7 Å². The van der Waals surface area contributed by atoms with Crippen molar-refractivity contribution in [2.45, 2.75) is 77.2 Å². The fraction of sp³-hybridized carbons (Fsp3) is 0.850. The molecular formula is C20H30O3. The summed E-state index contributed by atoms with van der Waals surface area (Å²) >= 11 is 0. The number of aliphatic hydroxyl groups is 1. The summed E-state index contributed by atoms with van der Waals surface area (Å²) in [6, 6.07) is 0. The summed E-state index contributed by atoms with van der Waals surface area (Å²) in [7, 11) is 0. The molecule has 0 aromatic rings. The van der Waals surface area contributed by atoms with Gasteiger partial charge in [-0.05, 0) is 86.5 Å². The first-order chi connectivity index (χ1) is 10.7. The lowest BCUT2D eigenvalue weighted by Crippen LogP contribution is -2.59. The highest BCUT2D eigenvalue weighted by molar-refractivity contribution is 5.75. The molecule has 4 saturated carbocycles. The van der Waals surface area contributed by atoms with Crippen molar-refractivity contribution < 1.29 is 15.0 Å². The molecule has 0 radical (unpaired) electrons. The van der Waals surface area contributed by atoms with Crippen LogP contribution < -0.4 is 0 Å². The Kier molecular flexibility index (Phi) is 3.01. The second kappa shape index (κ2) is 4.41. The lowest BCUT2D eigenvalue weighted by Gasteiger charge is -2.63. The molecule has 0 aromatic heterocycles. The molecule has 4 aliphatic carbocycles. The molecule has 4 aliphatic rings. The molecule has 0 unspecified atom stereocenters. The summed E-state index contributed by atoms with van der Waals surface area (Å²) in [4.78, 5) is 12.0. The normalized spacial score (nSPS) is 55.2. The lowest BCUT2D eigenvalue weighted by atomic mass is 9.41. The summed E-state index contributed by atoms with van der Waals surface area (Å²) < 4.78 is 0. The van der Waals surface area contributed by atoms with Crippen LogP contribution in [0.25, 0.3) is 0 Å². The highest BCUT2D eigenvalue weighted by atomic mass is 16.4. The molecule has 0 aromatic carbocycles. The molecule has 0 saturated heterocycles. The molecule has 0 amide bonds. The fourth-order valence-electron chi connectivity index (χ4n) is 7.61. The van der Waals surface area contributed by atoms with Gasteiger partial charge in [-0.15, -0.1) is 0 Å². The van der Waals surface area contributed by atoms with Gasteiger partial charge in [0.2, 0.25) is 0 Å². The first kappa shape index (κ1) is 15.7. The lowest BCUT2D eigenvalue weighted by molar-refractivity contribution is -0.186. The number of hydrogen-bond acceptors (Lipinski definition) is 2. The average Bonchev–Trinajstić information content (AvgIpc) is 2.63. The summed E-state index contributed by atoms with van der Waals surface area (Å²) in [6.45, 7) is 8.55. The van der Waals surface area contributed by atoms with Gasteiger partial charge < -0.3 is 10.2 Å². The second-order valence-corrected chi connectivity index (χ2v) is 9.62. The molecule has 3 nitrogen and oxygen atoms in total. The SMILES string of the molecule is C=C1C[C@@]23CC[C@H]4[C@](C)(CCC[C@@]4(C)C(=O)O)[C@@H]2CC[C@]1(O)C3. The van der Waals surface area contributed by atoms with Gasteiger partial charge in [-0.3, -0.25) is 4.79 Å². The third-order valence-electron chi connectivity index (χ3n) is 8.65. The number of aliphatic carboxylic acids is 1. The number of carboxylic acids is 1. The van der Waals surface area contributed by atoms with E-state index in [0.29, 0.717) is 5.92 Å². The zero-order valence-corrected chi connectivity index (χ0v) is 14.5. The molecule has 23 heavy (non-hydrogen) atoms. The van der Waals surface area contributed by atoms with Gasteiger partial charge >= 0.3 is 5.97 Å². The van der Waals surface area contributed by atoms with Crippen LogP contribution in [0.5, 0.6) is 0 Å². The fourth-order valence-corrected chi connectivity index (χ4v) is 7.61. The second-order valence-electron chi connectivity index (χ2n) is 9.62. The van der Waals surface area contributed by atoms with Crippen molar-refractivity contribution in [2.24, 2.45) is 28.1 Å². The third-order valence-corrected chi connectivity index (χ3v) is 8.65. The van der Waals surface area contributed by atoms with Gasteiger partial charge in [-0.25, -0.2) is 0 Å². The Labute approximate surface area is 139 Å². The van der Waals surface area contributed by atoms with Crippen molar-refractivity contribution in [1.29, 1.82) is 0 Å². The van der Waals surface area contributed by atoms with E-state index in [1.165, 1.54) is 0 Å². The Balaban J connectivity index is 1.76. The van der Waals surface area contributed by atoms with Gasteiger partial charge in [0.1, 0.15) is 0 Å². The van der Waals surface area contributed by atoms with Crippen LogP contribution in [-0.4, -0.2) is 21.8 Å². The van der Waals surface area contributed by atoms with Gasteiger partial charge in [0, 0.05) is 0 Å². The Morgan fingerprint density at radius 3 is 2.52 bits per heavy atom. The molecule has 128 valence electrons. The molecule has 4 fully saturated rings. The van der Waals surface area contributed by atoms with Crippen LogP contribution in [0.1, 0.15) is 71.6 Å². The maximum Gasteiger partial charge on any atom is 0.309 e. The van der Waals surface area contributed by atoms with Crippen molar-refractivity contribution in [2.75, 3.05) is 0 Å². The summed E-state index contributed by atoms with van der Waals surface area (Å²) in [6.07, 6.45) is 8.75. The van der Waals surface area contributed by atoms with E-state index in [1.807, 2.05) is 6.92 Å². The van der Waals surface area contributed by atoms with Crippen molar-refractivity contribution in [3.05, 3.63) is 12.2 Å². The van der Waals surface area contributed by atoms with Crippen molar-refractivity contribution in [1.82, 2.24) is 0 Å². The van der Waals surface area contributed by atoms with E-state index in [1.54, 1.807) is 0 Å². The van der Waals surface area contributed by atoms with Gasteiger partial charge in [0.05, 0.1) is 11.0 Å². The molecule has 2 N–H and O–H groups in total. The van der Waals surface area contributed by atoms with E-state index in [4.69, 9.17) is 0 Å². The standard InChI is InChI=1S/C20H30O3/c1-13-11-19-9-5-14-17(2,7-4-8-18(14,3)16(21)22)15(19)6-10-20(13,23)12-19/h14-15,23H,1,4-12H2,2-3H3,(H,21,22)/t14-,15-,17-,18+,19+,20-/m0/s1. The maximum atomic E-state index is 12.0. The van der Waals surface area contributed by atoms with E-state index >= 15 is 0 Å². The molecule has 4 rings (SSSR count). The van der Waals surface area contributed by atoms with E-state index in [9.17, 15) is 15.0 Å². The monoisotopic (exact) mass is 318 g/mol. The van der Waals surface area contributed by atoms with Crippen LogP contribution in [-0.2, 0) is 4.79 Å². The minimum absolute atomic E-state index is 0.107. The van der Waals surface area contributed by atoms with Crippen LogP contribution in [0.15, 0.2) is 12.2 Å². The van der Waals surface area contributed by atoms with Crippen molar-refractivity contribution >= 4 is 5.97 Å². The molecular weight excluding hydrogens is 288 g/mol. The topological polar surface area (TPSA) is 57.5 Å². The summed E-state index contributed by atoms with van der Waals surface area (Å²) in [5.41, 5.74) is 0.128. The molecule has 2 bridgehead atoms. The predicted octanol–water partition coefficient (Wildman–Crippen LogP) is 4.16. The number of fused-ring (bicyclic) bond motifs is 3. The Bertz CT molecular complexity index is 583. The average molecular weight is 318 g/mol. The minimum atomic E-state index is -0.634. The third kappa shape index (κ3) is 1.78. The predicted molar refractivity (Wildman–Crippen MR) is 88.9 cm³/mol. The molecule has 0 heterocycles. The first-order valence-corrected chi connectivity index (χ1v) is 9.30. The summed E-state index contributed by atoms with van der Waals surface area (Å²) in [5.74, 6) is 0.219. The van der Waals surface area contributed by atoms with E-state index in [2.05, 4.69) is 13.5 Å². The van der Waals surface area contributed by atoms with E-state index in [0.717, 1.165) is 63.4 Å². The van der Waals surface area contributed by atoms with Gasteiger partial charge in [0.15, 0.2) is 0 Å². The van der Waals surface area contributed by atoms with Gasteiger partial charge in [-0.2, -0.15) is 0 Å². The zero-order valence-electron chi connectivity index (χ0n) is 14.5. The highest BCUT2D eigenvalue weighted by Crippen LogP contribution is 2.72. The molecule has 6 atom stereocenters. The van der Waals surface area contributed by atoms with Gasteiger partial charge in [-0.1, -0.05) is 19.9 Å². The van der Waals surface area contributed by atoms with E-state index < -0.39 is 17.0 Å². The van der Waals surface area contributed by atoms with Crippen LogP contribution >= 0.6 is 0 Å². The number of hydrogen-bond donors (Lipinski definition) is 2. The van der Waals surface area contributed by atoms with Crippen LogP contribution in [0, 0.1) is 28.1 Å². The van der Waals surface area contributed by atoms with Crippen LogP contribution in [0.4, 0.5) is 0 Å². The Hall–Kier alpha value is -0.830. The van der Waals surface area contributed by atoms with Crippen molar-refractivity contribution in [3.8, 4) is 0 Å². The molecule has 0 aliphatic heterocycles. The molecule has 3 heteroatoms. The number of carbonyl (C=O) groups is 1. The quantitative estimate of drug-likeness (QED) is 0.714. The summed E-state index contributed by atoms with van der Waals surface area (Å²) in [5, 5.41) is 20.8. The Morgan fingerprint density at radius 2 is 1.83 bits per heavy atom. The zero-order chi connectivity index (χ0) is 16.7. The maximum absolute atomic E-state index is 12.0. The van der Waals surface area contributed by atoms with Gasteiger partial charge in [0.25, 0.3) is 0 Å². The minimum Gasteiger partial charge on any atom is -0.481 e. The molecule has 1 spiro atoms. The first-order valence-electron chi connectivity index (χ1n) is 9.30. The van der Waals surface area contributed by atoms with Crippen molar-refractivity contribution in [3.63, 3.8) is 0 Å².